The van der Waals surface area contributed by atoms with Crippen LogP contribution >= 0.6 is 23.2 Å². The molecule has 0 aliphatic heterocycles. The number of halogens is 2. The fourth-order valence-corrected chi connectivity index (χ4v) is 2.43. The molecule has 0 fully saturated rings. The fourth-order valence-electron chi connectivity index (χ4n) is 2.13. The number of hydrogen-bond acceptors (Lipinski definition) is 4. The number of ether oxygens (including phenoxy) is 2. The average Bonchev–Trinajstić information content (AvgIpc) is 2.64. The average molecular weight is 411 g/mol. The number of amides is 2. The number of hydrogen-bond donors (Lipinski definition) is 1. The summed E-state index contributed by atoms with van der Waals surface area (Å²) in [7, 11) is 1.53. The van der Waals surface area contributed by atoms with Gasteiger partial charge in [-0.2, -0.15) is 0 Å². The Morgan fingerprint density at radius 2 is 1.63 bits per heavy atom. The van der Waals surface area contributed by atoms with Gasteiger partial charge in [0.2, 0.25) is 5.91 Å². The fraction of sp³-hybridized carbons (Fsp3) is 0.263. The maximum absolute atomic E-state index is 12.1. The topological polar surface area (TPSA) is 67.9 Å². The molecule has 0 aromatic heterocycles. The first-order valence-corrected chi connectivity index (χ1v) is 8.99. The van der Waals surface area contributed by atoms with Crippen molar-refractivity contribution in [3.05, 3.63) is 52.5 Å². The molecule has 0 spiro atoms. The minimum absolute atomic E-state index is 0.119. The Labute approximate surface area is 168 Å². The van der Waals surface area contributed by atoms with Crippen LogP contribution in [-0.4, -0.2) is 43.5 Å². The van der Waals surface area contributed by atoms with Crippen molar-refractivity contribution >= 4 is 40.7 Å². The summed E-state index contributed by atoms with van der Waals surface area (Å²) in [5.41, 5.74) is 0.501. The van der Waals surface area contributed by atoms with E-state index in [-0.39, 0.29) is 25.0 Å². The predicted molar refractivity (Wildman–Crippen MR) is 106 cm³/mol. The molecule has 0 bridgehead atoms. The number of carbonyl (C=O) groups excluding carboxylic acids is 2. The SMILES string of the molecule is CCOc1ccc(OCC(=O)N(C)CC(=O)Nc2ccc(Cl)c(Cl)c2)cc1. The zero-order valence-corrected chi connectivity index (χ0v) is 16.5. The van der Waals surface area contributed by atoms with Gasteiger partial charge in [0.1, 0.15) is 11.5 Å². The first-order valence-electron chi connectivity index (χ1n) is 8.23. The molecule has 144 valence electrons. The third kappa shape index (κ3) is 6.66. The number of nitrogens with one attached hydrogen (secondary N) is 1. The molecule has 0 heterocycles. The summed E-state index contributed by atoms with van der Waals surface area (Å²) in [6, 6.07) is 11.7. The molecule has 2 amide bonds. The lowest BCUT2D eigenvalue weighted by Crippen LogP contribution is -2.37. The van der Waals surface area contributed by atoms with E-state index in [1.807, 2.05) is 6.92 Å². The van der Waals surface area contributed by atoms with Crippen molar-refractivity contribution in [3.63, 3.8) is 0 Å². The molecule has 0 aliphatic carbocycles. The maximum Gasteiger partial charge on any atom is 0.260 e. The Kier molecular flexibility index (Phi) is 7.76. The molecular formula is C19H20Cl2N2O4. The van der Waals surface area contributed by atoms with Gasteiger partial charge in [-0.25, -0.2) is 0 Å². The highest BCUT2D eigenvalue weighted by Crippen LogP contribution is 2.25. The molecule has 0 atom stereocenters. The number of carbonyl (C=O) groups is 2. The van der Waals surface area contributed by atoms with Crippen molar-refractivity contribution < 1.29 is 19.1 Å². The molecule has 27 heavy (non-hydrogen) atoms. The summed E-state index contributed by atoms with van der Waals surface area (Å²) in [5, 5.41) is 3.39. The van der Waals surface area contributed by atoms with E-state index in [1.165, 1.54) is 11.9 Å². The summed E-state index contributed by atoms with van der Waals surface area (Å²) in [6.07, 6.45) is 0. The summed E-state index contributed by atoms with van der Waals surface area (Å²) < 4.78 is 10.8. The lowest BCUT2D eigenvalue weighted by atomic mass is 10.3. The molecule has 0 unspecified atom stereocenters. The number of rotatable bonds is 8. The van der Waals surface area contributed by atoms with Gasteiger partial charge in [-0.15, -0.1) is 0 Å². The quantitative estimate of drug-likeness (QED) is 0.716. The van der Waals surface area contributed by atoms with Gasteiger partial charge in [0.05, 0.1) is 23.2 Å². The standard InChI is InChI=1S/C19H20Cl2N2O4/c1-3-26-14-5-7-15(8-6-14)27-12-19(25)23(2)11-18(24)22-13-4-9-16(20)17(21)10-13/h4-10H,3,11-12H2,1-2H3,(H,22,24). The van der Waals surface area contributed by atoms with Gasteiger partial charge in [-0.05, 0) is 49.4 Å². The van der Waals surface area contributed by atoms with Crippen LogP contribution in [0.25, 0.3) is 0 Å². The molecule has 0 saturated carbocycles. The molecule has 0 saturated heterocycles. The van der Waals surface area contributed by atoms with E-state index in [9.17, 15) is 9.59 Å². The largest absolute Gasteiger partial charge is 0.494 e. The van der Waals surface area contributed by atoms with E-state index in [2.05, 4.69) is 5.32 Å². The molecule has 0 aliphatic rings. The van der Waals surface area contributed by atoms with Crippen molar-refractivity contribution in [2.45, 2.75) is 6.92 Å². The lowest BCUT2D eigenvalue weighted by Gasteiger charge is -2.17. The minimum atomic E-state index is -0.356. The van der Waals surface area contributed by atoms with Crippen LogP contribution in [0.15, 0.2) is 42.5 Å². The van der Waals surface area contributed by atoms with Crippen LogP contribution < -0.4 is 14.8 Å². The summed E-state index contributed by atoms with van der Waals surface area (Å²) in [6.45, 7) is 2.18. The van der Waals surface area contributed by atoms with E-state index in [4.69, 9.17) is 32.7 Å². The van der Waals surface area contributed by atoms with E-state index in [0.717, 1.165) is 5.75 Å². The van der Waals surface area contributed by atoms with Gasteiger partial charge in [-0.1, -0.05) is 23.2 Å². The summed E-state index contributed by atoms with van der Waals surface area (Å²) in [4.78, 5) is 25.5. The third-order valence-corrected chi connectivity index (χ3v) is 4.25. The molecular weight excluding hydrogens is 391 g/mol. The summed E-state index contributed by atoms with van der Waals surface area (Å²) >= 11 is 11.7. The Morgan fingerprint density at radius 1 is 1.00 bits per heavy atom. The van der Waals surface area contributed by atoms with Crippen LogP contribution in [0.3, 0.4) is 0 Å². The zero-order chi connectivity index (χ0) is 19.8. The molecule has 6 nitrogen and oxygen atoms in total. The first-order chi connectivity index (χ1) is 12.9. The number of likely N-dealkylation sites (N-methyl/N-ethyl adjacent to an activating group) is 1. The van der Waals surface area contributed by atoms with E-state index in [0.29, 0.717) is 28.1 Å². The van der Waals surface area contributed by atoms with Crippen LogP contribution in [0.2, 0.25) is 10.0 Å². The van der Waals surface area contributed by atoms with Gasteiger partial charge in [-0.3, -0.25) is 9.59 Å². The van der Waals surface area contributed by atoms with Crippen molar-refractivity contribution in [3.8, 4) is 11.5 Å². The second-order valence-corrected chi connectivity index (χ2v) is 6.43. The van der Waals surface area contributed by atoms with Gasteiger partial charge < -0.3 is 19.7 Å². The molecule has 1 N–H and O–H groups in total. The Bertz CT molecular complexity index is 797. The third-order valence-electron chi connectivity index (χ3n) is 3.51. The Hall–Kier alpha value is -2.44. The van der Waals surface area contributed by atoms with Crippen molar-refractivity contribution in [2.24, 2.45) is 0 Å². The second-order valence-electron chi connectivity index (χ2n) is 5.62. The predicted octanol–water partition coefficient (Wildman–Crippen LogP) is 3.87. The highest BCUT2D eigenvalue weighted by Gasteiger charge is 2.14. The second kappa shape index (κ2) is 10.0. The van der Waals surface area contributed by atoms with E-state index < -0.39 is 0 Å². The highest BCUT2D eigenvalue weighted by atomic mass is 35.5. The van der Waals surface area contributed by atoms with E-state index >= 15 is 0 Å². The van der Waals surface area contributed by atoms with Crippen molar-refractivity contribution in [1.29, 1.82) is 0 Å². The smallest absolute Gasteiger partial charge is 0.260 e. The normalized spacial score (nSPS) is 10.2. The van der Waals surface area contributed by atoms with Gasteiger partial charge in [0, 0.05) is 12.7 Å². The number of anilines is 1. The molecule has 8 heteroatoms. The van der Waals surface area contributed by atoms with Crippen LogP contribution in [0, 0.1) is 0 Å². The maximum atomic E-state index is 12.1. The van der Waals surface area contributed by atoms with Crippen LogP contribution in [0.1, 0.15) is 6.92 Å². The monoisotopic (exact) mass is 410 g/mol. The zero-order valence-electron chi connectivity index (χ0n) is 15.0. The van der Waals surface area contributed by atoms with Crippen LogP contribution in [0.4, 0.5) is 5.69 Å². The van der Waals surface area contributed by atoms with Gasteiger partial charge in [0.15, 0.2) is 6.61 Å². The Balaban J connectivity index is 1.80. The molecule has 2 aromatic carbocycles. The lowest BCUT2D eigenvalue weighted by molar-refractivity contribution is -0.135. The highest BCUT2D eigenvalue weighted by molar-refractivity contribution is 6.42. The number of benzene rings is 2. The van der Waals surface area contributed by atoms with Gasteiger partial charge >= 0.3 is 0 Å². The Morgan fingerprint density at radius 3 is 2.22 bits per heavy atom. The molecule has 0 radical (unpaired) electrons. The van der Waals surface area contributed by atoms with Crippen molar-refractivity contribution in [1.82, 2.24) is 4.90 Å². The van der Waals surface area contributed by atoms with Crippen LogP contribution in [0.5, 0.6) is 11.5 Å². The van der Waals surface area contributed by atoms with Gasteiger partial charge in [0.25, 0.3) is 5.91 Å². The number of nitrogens with zero attached hydrogens (tertiary/aromatic N) is 1. The van der Waals surface area contributed by atoms with Crippen LogP contribution in [-0.2, 0) is 9.59 Å². The van der Waals surface area contributed by atoms with Crippen molar-refractivity contribution in [2.75, 3.05) is 32.1 Å². The minimum Gasteiger partial charge on any atom is -0.494 e. The molecule has 2 aromatic rings. The van der Waals surface area contributed by atoms with E-state index in [1.54, 1.807) is 42.5 Å². The molecule has 2 rings (SSSR count). The first kappa shape index (κ1) is 20.9. The summed E-state index contributed by atoms with van der Waals surface area (Å²) in [5.74, 6) is 0.589.